The molecule has 1 atom stereocenters. The van der Waals surface area contributed by atoms with Crippen molar-refractivity contribution in [3.8, 4) is 0 Å². The molecule has 2 heterocycles. The van der Waals surface area contributed by atoms with Gasteiger partial charge in [-0.2, -0.15) is 0 Å². The maximum Gasteiger partial charge on any atom is 0.319 e. The van der Waals surface area contributed by atoms with E-state index < -0.39 is 5.60 Å². The molecule has 130 valence electrons. The number of hydrogen-bond donors (Lipinski definition) is 3. The fourth-order valence-electron chi connectivity index (χ4n) is 2.75. The zero-order chi connectivity index (χ0) is 17.9. The van der Waals surface area contributed by atoms with Crippen LogP contribution in [0.1, 0.15) is 21.8 Å². The molecule has 0 aliphatic heterocycles. The topological polar surface area (TPSA) is 74.5 Å². The van der Waals surface area contributed by atoms with Gasteiger partial charge in [0.25, 0.3) is 0 Å². The first-order valence-corrected chi connectivity index (χ1v) is 8.79. The number of rotatable bonds is 5. The van der Waals surface area contributed by atoms with Crippen LogP contribution in [0.5, 0.6) is 0 Å². The van der Waals surface area contributed by atoms with Gasteiger partial charge in [0.15, 0.2) is 5.60 Å². The van der Waals surface area contributed by atoms with Crippen molar-refractivity contribution in [2.24, 2.45) is 0 Å². The fraction of sp³-hybridized carbons (Fsp3) is 0.211. The number of carbonyl (C=O) groups is 1. The molecule has 1 unspecified atom stereocenters. The summed E-state index contributed by atoms with van der Waals surface area (Å²) in [6, 6.07) is 12.5. The zero-order valence-corrected chi connectivity index (χ0v) is 14.9. The summed E-state index contributed by atoms with van der Waals surface area (Å²) in [4.78, 5) is 13.0. The number of furan rings is 1. The van der Waals surface area contributed by atoms with Crippen molar-refractivity contribution in [1.29, 1.82) is 0 Å². The van der Waals surface area contributed by atoms with Crippen molar-refractivity contribution in [2.45, 2.75) is 19.4 Å². The first kappa shape index (κ1) is 17.3. The molecule has 0 fully saturated rings. The SMILES string of the molecule is Cc1cc(C)cc(NC(=O)NCC(O)(c2ccco2)c2cccs2)c1. The van der Waals surface area contributed by atoms with Crippen LogP contribution in [0.25, 0.3) is 0 Å². The maximum atomic E-state index is 12.3. The van der Waals surface area contributed by atoms with Gasteiger partial charge in [0.1, 0.15) is 5.76 Å². The Labute approximate surface area is 150 Å². The number of nitrogens with one attached hydrogen (secondary N) is 2. The van der Waals surface area contributed by atoms with E-state index in [1.165, 1.54) is 17.6 Å². The molecule has 3 aromatic rings. The van der Waals surface area contributed by atoms with E-state index >= 15 is 0 Å². The summed E-state index contributed by atoms with van der Waals surface area (Å²) in [7, 11) is 0. The summed E-state index contributed by atoms with van der Waals surface area (Å²) in [6.45, 7) is 3.95. The number of carbonyl (C=O) groups excluding carboxylic acids is 1. The van der Waals surface area contributed by atoms with Gasteiger partial charge >= 0.3 is 6.03 Å². The molecule has 0 aliphatic rings. The normalized spacial score (nSPS) is 13.2. The van der Waals surface area contributed by atoms with E-state index in [4.69, 9.17) is 4.42 Å². The summed E-state index contributed by atoms with van der Waals surface area (Å²) < 4.78 is 5.39. The average molecular weight is 356 g/mol. The third-order valence-electron chi connectivity index (χ3n) is 3.84. The molecule has 0 radical (unpaired) electrons. The average Bonchev–Trinajstić information content (AvgIpc) is 3.25. The lowest BCUT2D eigenvalue weighted by molar-refractivity contribution is 0.0628. The molecule has 0 saturated carbocycles. The number of anilines is 1. The van der Waals surface area contributed by atoms with Gasteiger partial charge in [-0.05, 0) is 60.7 Å². The van der Waals surface area contributed by atoms with E-state index in [1.54, 1.807) is 12.1 Å². The van der Waals surface area contributed by atoms with Crippen LogP contribution in [0.2, 0.25) is 0 Å². The largest absolute Gasteiger partial charge is 0.466 e. The number of aliphatic hydroxyl groups is 1. The van der Waals surface area contributed by atoms with E-state index in [0.717, 1.165) is 11.1 Å². The molecule has 0 aliphatic carbocycles. The highest BCUT2D eigenvalue weighted by Gasteiger charge is 2.36. The summed E-state index contributed by atoms with van der Waals surface area (Å²) >= 11 is 1.41. The van der Waals surface area contributed by atoms with Crippen molar-refractivity contribution < 1.29 is 14.3 Å². The second-order valence-corrected chi connectivity index (χ2v) is 6.95. The van der Waals surface area contributed by atoms with Gasteiger partial charge in [-0.15, -0.1) is 11.3 Å². The minimum atomic E-state index is -1.41. The Balaban J connectivity index is 1.72. The second kappa shape index (κ2) is 7.13. The molecule has 5 nitrogen and oxygen atoms in total. The van der Waals surface area contributed by atoms with Crippen molar-refractivity contribution >= 4 is 23.1 Å². The van der Waals surface area contributed by atoms with E-state index in [2.05, 4.69) is 10.6 Å². The maximum absolute atomic E-state index is 12.3. The molecule has 0 bridgehead atoms. The number of thiophene rings is 1. The first-order chi connectivity index (χ1) is 12.0. The van der Waals surface area contributed by atoms with Gasteiger partial charge in [0.05, 0.1) is 12.8 Å². The van der Waals surface area contributed by atoms with Crippen molar-refractivity contribution in [3.63, 3.8) is 0 Å². The molecular formula is C19H20N2O3S. The van der Waals surface area contributed by atoms with E-state index in [-0.39, 0.29) is 12.6 Å². The Morgan fingerprint density at radius 3 is 2.56 bits per heavy atom. The van der Waals surface area contributed by atoms with Crippen LogP contribution in [-0.4, -0.2) is 17.7 Å². The zero-order valence-electron chi connectivity index (χ0n) is 14.1. The third-order valence-corrected chi connectivity index (χ3v) is 4.86. The Morgan fingerprint density at radius 1 is 1.20 bits per heavy atom. The molecule has 2 aromatic heterocycles. The molecule has 25 heavy (non-hydrogen) atoms. The molecule has 6 heteroatoms. The number of amides is 2. The van der Waals surface area contributed by atoms with Gasteiger partial charge in [-0.1, -0.05) is 12.1 Å². The molecule has 0 saturated heterocycles. The van der Waals surface area contributed by atoms with Crippen LogP contribution >= 0.6 is 11.3 Å². The Hall–Kier alpha value is -2.57. The molecule has 2 amide bonds. The molecule has 0 spiro atoms. The highest BCUT2D eigenvalue weighted by molar-refractivity contribution is 7.10. The van der Waals surface area contributed by atoms with Gasteiger partial charge < -0.3 is 20.2 Å². The lowest BCUT2D eigenvalue weighted by atomic mass is 9.99. The van der Waals surface area contributed by atoms with Gasteiger partial charge in [0, 0.05) is 10.6 Å². The lowest BCUT2D eigenvalue weighted by Crippen LogP contribution is -2.42. The lowest BCUT2D eigenvalue weighted by Gasteiger charge is -2.25. The van der Waals surface area contributed by atoms with Crippen molar-refractivity contribution in [3.05, 3.63) is 75.9 Å². The molecule has 3 rings (SSSR count). The van der Waals surface area contributed by atoms with Crippen LogP contribution in [0.3, 0.4) is 0 Å². The van der Waals surface area contributed by atoms with Gasteiger partial charge in [0.2, 0.25) is 0 Å². The molecule has 3 N–H and O–H groups in total. The number of urea groups is 1. The van der Waals surface area contributed by atoms with Gasteiger partial charge in [-0.25, -0.2) is 4.79 Å². The van der Waals surface area contributed by atoms with Crippen LogP contribution in [0.15, 0.2) is 58.5 Å². The van der Waals surface area contributed by atoms with Crippen LogP contribution in [0.4, 0.5) is 10.5 Å². The predicted octanol–water partition coefficient (Wildman–Crippen LogP) is 4.02. The summed E-state index contributed by atoms with van der Waals surface area (Å²) in [5, 5.41) is 18.5. The smallest absolute Gasteiger partial charge is 0.319 e. The number of aryl methyl sites for hydroxylation is 2. The summed E-state index contributed by atoms with van der Waals surface area (Å²) in [6.07, 6.45) is 1.50. The highest BCUT2D eigenvalue weighted by Crippen LogP contribution is 2.32. The van der Waals surface area contributed by atoms with Crippen molar-refractivity contribution in [2.75, 3.05) is 11.9 Å². The van der Waals surface area contributed by atoms with Crippen LogP contribution in [0, 0.1) is 13.8 Å². The molecular weight excluding hydrogens is 336 g/mol. The van der Waals surface area contributed by atoms with E-state index in [9.17, 15) is 9.90 Å². The van der Waals surface area contributed by atoms with Gasteiger partial charge in [-0.3, -0.25) is 0 Å². The summed E-state index contributed by atoms with van der Waals surface area (Å²) in [5.74, 6) is 0.390. The standard InChI is InChI=1S/C19H20N2O3S/c1-13-9-14(2)11-15(10-13)21-18(22)20-12-19(23,16-5-3-7-24-16)17-6-4-8-25-17/h3-11,23H,12H2,1-2H3,(H2,20,21,22). The van der Waals surface area contributed by atoms with Crippen LogP contribution < -0.4 is 10.6 Å². The Kier molecular flexibility index (Phi) is 4.92. The summed E-state index contributed by atoms with van der Waals surface area (Å²) in [5.41, 5.74) is 1.45. The van der Waals surface area contributed by atoms with E-state index in [0.29, 0.717) is 16.3 Å². The second-order valence-electron chi connectivity index (χ2n) is 6.00. The highest BCUT2D eigenvalue weighted by atomic mass is 32.1. The van der Waals surface area contributed by atoms with Crippen molar-refractivity contribution in [1.82, 2.24) is 5.32 Å². The third kappa shape index (κ3) is 3.92. The quantitative estimate of drug-likeness (QED) is 0.646. The minimum absolute atomic E-state index is 0.00232. The molecule has 1 aromatic carbocycles. The number of benzene rings is 1. The fourth-order valence-corrected chi connectivity index (χ4v) is 3.58. The van der Waals surface area contributed by atoms with Crippen LogP contribution in [-0.2, 0) is 5.60 Å². The first-order valence-electron chi connectivity index (χ1n) is 7.91. The van der Waals surface area contributed by atoms with E-state index in [1.807, 2.05) is 49.6 Å². The monoisotopic (exact) mass is 356 g/mol. The predicted molar refractivity (Wildman–Crippen MR) is 99.0 cm³/mol. The number of hydrogen-bond acceptors (Lipinski definition) is 4. The Bertz CT molecular complexity index is 787. The Morgan fingerprint density at radius 2 is 1.96 bits per heavy atom. The minimum Gasteiger partial charge on any atom is -0.466 e.